The first-order valence-electron chi connectivity index (χ1n) is 11.4. The van der Waals surface area contributed by atoms with Crippen LogP contribution >= 0.6 is 23.7 Å². The number of hydrogen-bond acceptors (Lipinski definition) is 5. The van der Waals surface area contributed by atoms with Gasteiger partial charge in [0.25, 0.3) is 5.91 Å². The van der Waals surface area contributed by atoms with Crippen molar-refractivity contribution in [2.75, 3.05) is 32.1 Å². The van der Waals surface area contributed by atoms with Gasteiger partial charge in [-0.2, -0.15) is 0 Å². The molecule has 0 aliphatic carbocycles. The van der Waals surface area contributed by atoms with E-state index in [1.54, 1.807) is 52.6 Å². The number of carbonyl (C=O) groups excluding carboxylic acids is 2. The maximum atomic E-state index is 13.6. The highest BCUT2D eigenvalue weighted by atomic mass is 35.5. The van der Waals surface area contributed by atoms with Crippen LogP contribution in [0.5, 0.6) is 0 Å². The van der Waals surface area contributed by atoms with E-state index in [9.17, 15) is 9.59 Å². The molecule has 1 amide bonds. The van der Waals surface area contributed by atoms with E-state index in [4.69, 9.17) is 4.98 Å². The summed E-state index contributed by atoms with van der Waals surface area (Å²) in [7, 11) is 4.05. The van der Waals surface area contributed by atoms with Gasteiger partial charge >= 0.3 is 0 Å². The number of nitrogens with zero attached hydrogens (tertiary/aromatic N) is 3. The monoisotopic (exact) mass is 507 g/mol. The minimum absolute atomic E-state index is 0. The van der Waals surface area contributed by atoms with Gasteiger partial charge in [0.05, 0.1) is 10.2 Å². The van der Waals surface area contributed by atoms with Gasteiger partial charge in [-0.1, -0.05) is 53.8 Å². The lowest BCUT2D eigenvalue weighted by atomic mass is 10.0. The molecule has 5 nitrogen and oxygen atoms in total. The fraction of sp³-hybridized carbons (Fsp3) is 0.250. The normalized spacial score (nSPS) is 10.9. The Morgan fingerprint density at radius 3 is 2.09 bits per heavy atom. The molecule has 4 rings (SSSR count). The largest absolute Gasteiger partial charge is 0.309 e. The molecular weight excluding hydrogens is 478 g/mol. The number of ketones is 1. The maximum Gasteiger partial charge on any atom is 0.260 e. The average Bonchev–Trinajstić information content (AvgIpc) is 3.24. The van der Waals surface area contributed by atoms with Crippen LogP contribution in [0.1, 0.15) is 43.8 Å². The molecule has 0 saturated carbocycles. The van der Waals surface area contributed by atoms with Crippen LogP contribution in [0.25, 0.3) is 10.2 Å². The zero-order chi connectivity index (χ0) is 24.2. The summed E-state index contributed by atoms with van der Waals surface area (Å²) in [5, 5.41) is 0.702. The molecule has 0 saturated heterocycles. The van der Waals surface area contributed by atoms with Gasteiger partial charge in [0, 0.05) is 23.2 Å². The minimum Gasteiger partial charge on any atom is -0.309 e. The number of fused-ring (bicyclic) bond motifs is 1. The Bertz CT molecular complexity index is 1280. The molecule has 0 atom stereocenters. The second kappa shape index (κ2) is 11.6. The fourth-order valence-electron chi connectivity index (χ4n) is 3.79. The minimum atomic E-state index is -0.107. The molecule has 4 aromatic rings. The Hall–Kier alpha value is -3.06. The lowest BCUT2D eigenvalue weighted by molar-refractivity contribution is 0.0983. The first kappa shape index (κ1) is 26.5. The van der Waals surface area contributed by atoms with E-state index in [1.165, 1.54) is 11.1 Å². The van der Waals surface area contributed by atoms with Crippen LogP contribution in [0.2, 0.25) is 0 Å². The molecule has 0 fully saturated rings. The van der Waals surface area contributed by atoms with Crippen LogP contribution in [-0.2, 0) is 0 Å². The Morgan fingerprint density at radius 1 is 0.829 bits per heavy atom. The highest BCUT2D eigenvalue weighted by molar-refractivity contribution is 7.22. The van der Waals surface area contributed by atoms with Crippen molar-refractivity contribution in [1.29, 1.82) is 0 Å². The number of rotatable bonds is 8. The summed E-state index contributed by atoms with van der Waals surface area (Å²) in [5.41, 5.74) is 5.05. The quantitative estimate of drug-likeness (QED) is 0.268. The van der Waals surface area contributed by atoms with Crippen molar-refractivity contribution >= 4 is 50.8 Å². The zero-order valence-corrected chi connectivity index (χ0v) is 22.1. The number of benzene rings is 3. The molecule has 7 heteroatoms. The first-order valence-corrected chi connectivity index (χ1v) is 12.2. The van der Waals surface area contributed by atoms with Crippen molar-refractivity contribution in [2.45, 2.75) is 20.3 Å². The molecule has 0 radical (unpaired) electrons. The van der Waals surface area contributed by atoms with Gasteiger partial charge in [0.1, 0.15) is 0 Å². The first-order chi connectivity index (χ1) is 16.3. The summed E-state index contributed by atoms with van der Waals surface area (Å²) in [6, 6.07) is 20.3. The van der Waals surface area contributed by atoms with Gasteiger partial charge < -0.3 is 4.90 Å². The van der Waals surface area contributed by atoms with Gasteiger partial charge in [0.15, 0.2) is 10.9 Å². The van der Waals surface area contributed by atoms with Crippen molar-refractivity contribution in [3.63, 3.8) is 0 Å². The predicted octanol–water partition coefficient (Wildman–Crippen LogP) is 6.16. The molecule has 0 unspecified atom stereocenters. The Balaban J connectivity index is 0.00000342. The molecule has 0 N–H and O–H groups in total. The van der Waals surface area contributed by atoms with Gasteiger partial charge in [-0.15, -0.1) is 12.4 Å². The summed E-state index contributed by atoms with van der Waals surface area (Å²) in [6.45, 7) is 5.61. The van der Waals surface area contributed by atoms with Crippen LogP contribution in [0, 0.1) is 13.8 Å². The summed E-state index contributed by atoms with van der Waals surface area (Å²) < 4.78 is 1.08. The van der Waals surface area contributed by atoms with Gasteiger partial charge in [-0.25, -0.2) is 4.98 Å². The maximum absolute atomic E-state index is 13.6. The zero-order valence-electron chi connectivity index (χ0n) is 20.4. The second-order valence-corrected chi connectivity index (χ2v) is 9.80. The van der Waals surface area contributed by atoms with E-state index < -0.39 is 0 Å². The van der Waals surface area contributed by atoms with Gasteiger partial charge in [-0.05, 0) is 76.3 Å². The Labute approximate surface area is 216 Å². The Morgan fingerprint density at radius 2 is 1.43 bits per heavy atom. The lowest BCUT2D eigenvalue weighted by Crippen LogP contribution is -2.33. The van der Waals surface area contributed by atoms with Crippen molar-refractivity contribution < 1.29 is 9.59 Å². The van der Waals surface area contributed by atoms with Crippen molar-refractivity contribution in [2.24, 2.45) is 0 Å². The van der Waals surface area contributed by atoms with Crippen molar-refractivity contribution in [1.82, 2.24) is 9.88 Å². The van der Waals surface area contributed by atoms with Gasteiger partial charge in [0.2, 0.25) is 0 Å². The van der Waals surface area contributed by atoms with Crippen LogP contribution in [0.3, 0.4) is 0 Å². The van der Waals surface area contributed by atoms with Crippen LogP contribution in [-0.4, -0.2) is 48.8 Å². The highest BCUT2D eigenvalue weighted by Gasteiger charge is 2.22. The van der Waals surface area contributed by atoms with E-state index in [-0.39, 0.29) is 24.1 Å². The number of aromatic nitrogens is 1. The third kappa shape index (κ3) is 6.14. The molecule has 0 aliphatic rings. The lowest BCUT2D eigenvalue weighted by Gasteiger charge is -2.21. The van der Waals surface area contributed by atoms with Crippen molar-refractivity contribution in [3.05, 3.63) is 94.5 Å². The molecule has 3 aromatic carbocycles. The van der Waals surface area contributed by atoms with E-state index in [1.807, 2.05) is 32.3 Å². The second-order valence-electron chi connectivity index (χ2n) is 8.79. The number of amides is 1. The molecule has 1 aromatic heterocycles. The van der Waals surface area contributed by atoms with E-state index in [2.05, 4.69) is 30.9 Å². The smallest absolute Gasteiger partial charge is 0.260 e. The third-order valence-electron chi connectivity index (χ3n) is 5.89. The van der Waals surface area contributed by atoms with Crippen LogP contribution in [0.4, 0.5) is 5.13 Å². The SMILES string of the molecule is Cc1cc2nc(N(CCCN(C)C)C(=O)c3ccc(C(=O)c4ccccc4)cc3)sc2cc1C.Cl. The number of anilines is 1. The topological polar surface area (TPSA) is 53.5 Å². The van der Waals surface area contributed by atoms with Gasteiger partial charge in [-0.3, -0.25) is 14.5 Å². The summed E-state index contributed by atoms with van der Waals surface area (Å²) in [4.78, 5) is 35.0. The summed E-state index contributed by atoms with van der Waals surface area (Å²) in [5.74, 6) is -0.163. The van der Waals surface area contributed by atoms with E-state index in [0.29, 0.717) is 28.4 Å². The average molecular weight is 508 g/mol. The third-order valence-corrected chi connectivity index (χ3v) is 6.93. The molecule has 0 bridgehead atoms. The molecule has 35 heavy (non-hydrogen) atoms. The van der Waals surface area contributed by atoms with Crippen LogP contribution < -0.4 is 4.90 Å². The number of thiazole rings is 1. The molecule has 0 aliphatic heterocycles. The predicted molar refractivity (Wildman–Crippen MR) is 148 cm³/mol. The summed E-state index contributed by atoms with van der Waals surface area (Å²) >= 11 is 1.54. The molecule has 0 spiro atoms. The summed E-state index contributed by atoms with van der Waals surface area (Å²) in [6.07, 6.45) is 0.831. The fourth-order valence-corrected chi connectivity index (χ4v) is 4.86. The van der Waals surface area contributed by atoms with E-state index >= 15 is 0 Å². The standard InChI is InChI=1S/C28H29N3O2S.ClH/c1-19-17-24-25(18-20(19)2)34-28(29-24)31(16-8-15-30(3)4)27(33)23-13-11-22(12-14-23)26(32)21-9-6-5-7-10-21;/h5-7,9-14,17-18H,8,15-16H2,1-4H3;1H. The highest BCUT2D eigenvalue weighted by Crippen LogP contribution is 2.32. The molecule has 1 heterocycles. The van der Waals surface area contributed by atoms with E-state index in [0.717, 1.165) is 23.2 Å². The number of hydrogen-bond donors (Lipinski definition) is 0. The van der Waals surface area contributed by atoms with Crippen molar-refractivity contribution in [3.8, 4) is 0 Å². The molecular formula is C28H30ClN3O2S. The number of aryl methyl sites for hydroxylation is 2. The number of halogens is 1. The molecule has 182 valence electrons. The van der Waals surface area contributed by atoms with Crippen LogP contribution in [0.15, 0.2) is 66.7 Å². The Kier molecular flexibility index (Phi) is 8.78. The number of carbonyl (C=O) groups is 2.